The molecule has 1 saturated heterocycles. The van der Waals surface area contributed by atoms with Crippen molar-refractivity contribution in [2.75, 3.05) is 19.6 Å². The molecule has 2 N–H and O–H groups in total. The third-order valence-electron chi connectivity index (χ3n) is 3.49. The Morgan fingerprint density at radius 3 is 3.16 bits per heavy atom. The van der Waals surface area contributed by atoms with E-state index in [-0.39, 0.29) is 6.10 Å². The summed E-state index contributed by atoms with van der Waals surface area (Å²) in [5.41, 5.74) is 0.876. The lowest BCUT2D eigenvalue weighted by Crippen LogP contribution is -2.43. The first kappa shape index (κ1) is 12.4. The Morgan fingerprint density at radius 2 is 2.47 bits per heavy atom. The maximum atomic E-state index is 11.5. The molecule has 1 aromatic heterocycles. The van der Waals surface area contributed by atoms with Gasteiger partial charge in [-0.15, -0.1) is 11.3 Å². The molecule has 2 unspecified atom stereocenters. The molecule has 2 aliphatic heterocycles. The van der Waals surface area contributed by atoms with Crippen LogP contribution < -0.4 is 5.32 Å². The summed E-state index contributed by atoms with van der Waals surface area (Å²) in [6.07, 6.45) is 0.157. The summed E-state index contributed by atoms with van der Waals surface area (Å²) in [5, 5.41) is 14.0. The van der Waals surface area contributed by atoms with Crippen LogP contribution in [0.4, 0.5) is 4.79 Å². The minimum atomic E-state index is -0.850. The van der Waals surface area contributed by atoms with Crippen LogP contribution >= 0.6 is 11.3 Å². The van der Waals surface area contributed by atoms with E-state index in [1.54, 1.807) is 11.3 Å². The molecule has 0 radical (unpaired) electrons. The van der Waals surface area contributed by atoms with Gasteiger partial charge in [0.05, 0.1) is 6.54 Å². The molecule has 1 fully saturated rings. The summed E-state index contributed by atoms with van der Waals surface area (Å²) >= 11 is 1.60. The van der Waals surface area contributed by atoms with Crippen LogP contribution in [0, 0.1) is 0 Å². The van der Waals surface area contributed by atoms with E-state index in [9.17, 15) is 14.7 Å². The number of ether oxygens (including phenoxy) is 1. The number of hydrogen-bond acceptors (Lipinski definition) is 5. The number of rotatable bonds is 3. The standard InChI is InChI=1S/C12H14N2O4S/c15-11(16)10-8-2-4-19-9(8)1-3-14(10)6-7-5-13-12(17)18-7/h2,4,7,10H,1,3,5-6H2,(H,13,17)(H,15,16). The Labute approximate surface area is 114 Å². The molecule has 0 bridgehead atoms. The van der Waals surface area contributed by atoms with Crippen molar-refractivity contribution < 1.29 is 19.4 Å². The van der Waals surface area contributed by atoms with E-state index in [1.807, 2.05) is 16.3 Å². The quantitative estimate of drug-likeness (QED) is 0.859. The number of amides is 1. The van der Waals surface area contributed by atoms with Gasteiger partial charge >= 0.3 is 12.1 Å². The average Bonchev–Trinajstić information content (AvgIpc) is 2.97. The first-order valence-electron chi connectivity index (χ1n) is 6.13. The third-order valence-corrected chi connectivity index (χ3v) is 4.48. The van der Waals surface area contributed by atoms with Crippen molar-refractivity contribution in [2.24, 2.45) is 0 Å². The zero-order valence-electron chi connectivity index (χ0n) is 10.2. The molecule has 0 saturated carbocycles. The number of hydrogen-bond donors (Lipinski definition) is 2. The van der Waals surface area contributed by atoms with E-state index < -0.39 is 18.1 Å². The summed E-state index contributed by atoms with van der Waals surface area (Å²) in [6.45, 7) is 1.57. The van der Waals surface area contributed by atoms with Gasteiger partial charge in [-0.05, 0) is 23.4 Å². The van der Waals surface area contributed by atoms with Gasteiger partial charge in [0.1, 0.15) is 12.1 Å². The van der Waals surface area contributed by atoms with Crippen molar-refractivity contribution in [3.63, 3.8) is 0 Å². The molecule has 1 amide bonds. The van der Waals surface area contributed by atoms with E-state index in [2.05, 4.69) is 5.32 Å². The molecule has 0 aliphatic carbocycles. The Balaban J connectivity index is 1.78. The monoisotopic (exact) mass is 282 g/mol. The highest BCUT2D eigenvalue weighted by Crippen LogP contribution is 2.33. The van der Waals surface area contributed by atoms with E-state index in [4.69, 9.17) is 4.74 Å². The number of nitrogens with zero attached hydrogens (tertiary/aromatic N) is 1. The first-order valence-corrected chi connectivity index (χ1v) is 7.00. The summed E-state index contributed by atoms with van der Waals surface area (Å²) in [4.78, 5) is 25.5. The van der Waals surface area contributed by atoms with Gasteiger partial charge < -0.3 is 15.2 Å². The Kier molecular flexibility index (Phi) is 3.16. The minimum Gasteiger partial charge on any atom is -0.480 e. The predicted octanol–water partition coefficient (Wildman–Crippen LogP) is 0.840. The van der Waals surface area contributed by atoms with Crippen molar-refractivity contribution in [1.29, 1.82) is 0 Å². The fraction of sp³-hybridized carbons (Fsp3) is 0.500. The van der Waals surface area contributed by atoms with Crippen molar-refractivity contribution in [2.45, 2.75) is 18.6 Å². The van der Waals surface area contributed by atoms with Crippen molar-refractivity contribution in [1.82, 2.24) is 10.2 Å². The van der Waals surface area contributed by atoms with Crippen LogP contribution in [0.3, 0.4) is 0 Å². The molecule has 0 aromatic carbocycles. The van der Waals surface area contributed by atoms with Gasteiger partial charge in [0, 0.05) is 18.0 Å². The highest BCUT2D eigenvalue weighted by Gasteiger charge is 2.36. The van der Waals surface area contributed by atoms with Gasteiger partial charge in [0.15, 0.2) is 0 Å². The van der Waals surface area contributed by atoms with Crippen LogP contribution in [0.25, 0.3) is 0 Å². The lowest BCUT2D eigenvalue weighted by molar-refractivity contribution is -0.144. The zero-order chi connectivity index (χ0) is 13.4. The topological polar surface area (TPSA) is 78.9 Å². The number of carboxylic acids is 1. The maximum Gasteiger partial charge on any atom is 0.407 e. The molecule has 2 aliphatic rings. The molecule has 3 rings (SSSR count). The number of nitrogens with one attached hydrogen (secondary N) is 1. The molecular weight excluding hydrogens is 268 g/mol. The van der Waals surface area contributed by atoms with E-state index in [0.717, 1.165) is 16.9 Å². The second-order valence-corrected chi connectivity index (χ2v) is 5.69. The van der Waals surface area contributed by atoms with E-state index in [1.165, 1.54) is 0 Å². The number of cyclic esters (lactones) is 1. The summed E-state index contributed by atoms with van der Waals surface area (Å²) in [6, 6.07) is 1.25. The number of carboxylic acid groups (broad SMARTS) is 1. The molecule has 6 nitrogen and oxygen atoms in total. The lowest BCUT2D eigenvalue weighted by Gasteiger charge is -2.34. The van der Waals surface area contributed by atoms with Crippen molar-refractivity contribution >= 4 is 23.4 Å². The molecular formula is C12H14N2O4S. The Bertz CT molecular complexity index is 516. The molecule has 102 valence electrons. The summed E-state index contributed by atoms with van der Waals surface area (Å²) in [7, 11) is 0. The number of carbonyl (C=O) groups excluding carboxylic acids is 1. The number of thiophene rings is 1. The Hall–Kier alpha value is -1.60. The van der Waals surface area contributed by atoms with Crippen LogP contribution in [0.1, 0.15) is 16.5 Å². The molecule has 19 heavy (non-hydrogen) atoms. The smallest absolute Gasteiger partial charge is 0.407 e. The molecule has 2 atom stereocenters. The first-order chi connectivity index (χ1) is 9.15. The number of aliphatic carboxylic acids is 1. The highest BCUT2D eigenvalue weighted by molar-refractivity contribution is 7.10. The number of fused-ring (bicyclic) bond motifs is 1. The maximum absolute atomic E-state index is 11.5. The van der Waals surface area contributed by atoms with E-state index >= 15 is 0 Å². The van der Waals surface area contributed by atoms with Crippen LogP contribution in [-0.2, 0) is 16.0 Å². The molecule has 7 heteroatoms. The van der Waals surface area contributed by atoms with E-state index in [0.29, 0.717) is 19.6 Å². The highest BCUT2D eigenvalue weighted by atomic mass is 32.1. The van der Waals surface area contributed by atoms with Crippen LogP contribution in [0.2, 0.25) is 0 Å². The van der Waals surface area contributed by atoms with Gasteiger partial charge in [-0.2, -0.15) is 0 Å². The lowest BCUT2D eigenvalue weighted by atomic mass is 9.99. The predicted molar refractivity (Wildman–Crippen MR) is 68.2 cm³/mol. The molecule has 0 spiro atoms. The summed E-state index contributed by atoms with van der Waals surface area (Å²) < 4.78 is 5.08. The summed E-state index contributed by atoms with van der Waals surface area (Å²) in [5.74, 6) is -0.850. The van der Waals surface area contributed by atoms with Gasteiger partial charge in [-0.3, -0.25) is 9.69 Å². The molecule has 3 heterocycles. The van der Waals surface area contributed by atoms with Crippen LogP contribution in [-0.4, -0.2) is 47.8 Å². The number of carbonyl (C=O) groups is 2. The average molecular weight is 282 g/mol. The van der Waals surface area contributed by atoms with Gasteiger partial charge in [-0.1, -0.05) is 0 Å². The van der Waals surface area contributed by atoms with Gasteiger partial charge in [0.25, 0.3) is 0 Å². The van der Waals surface area contributed by atoms with Gasteiger partial charge in [0.2, 0.25) is 0 Å². The van der Waals surface area contributed by atoms with Crippen molar-refractivity contribution in [3.8, 4) is 0 Å². The molecule has 1 aromatic rings. The van der Waals surface area contributed by atoms with Gasteiger partial charge in [-0.25, -0.2) is 4.79 Å². The minimum absolute atomic E-state index is 0.269. The van der Waals surface area contributed by atoms with Crippen LogP contribution in [0.15, 0.2) is 11.4 Å². The number of alkyl carbamates (subject to hydrolysis) is 1. The normalized spacial score (nSPS) is 26.6. The van der Waals surface area contributed by atoms with Crippen molar-refractivity contribution in [3.05, 3.63) is 21.9 Å². The SMILES string of the molecule is O=C1NCC(CN2CCc3sccc3C2C(=O)O)O1. The third kappa shape index (κ3) is 2.31. The fourth-order valence-electron chi connectivity index (χ4n) is 2.65. The largest absolute Gasteiger partial charge is 0.480 e. The van der Waals surface area contributed by atoms with Crippen LogP contribution in [0.5, 0.6) is 0 Å². The second-order valence-electron chi connectivity index (χ2n) is 4.69. The Morgan fingerprint density at radius 1 is 1.63 bits per heavy atom. The second kappa shape index (κ2) is 4.82. The zero-order valence-corrected chi connectivity index (χ0v) is 11.0. The fourth-order valence-corrected chi connectivity index (χ4v) is 3.55.